The standard InChI is InChI=1S/C18H27N3/c1-14(2)20-11-17-5-4-8-21(12-17)13-18-7-6-16(10-19)9-15(18)3/h6-7,9,14,17,20H,4-5,8,11-13H2,1-3H3. The van der Waals surface area contributed by atoms with Crippen molar-refractivity contribution >= 4 is 0 Å². The van der Waals surface area contributed by atoms with Gasteiger partial charge in [0.2, 0.25) is 0 Å². The smallest absolute Gasteiger partial charge is 0.0991 e. The summed E-state index contributed by atoms with van der Waals surface area (Å²) in [5, 5.41) is 12.5. The van der Waals surface area contributed by atoms with E-state index >= 15 is 0 Å². The van der Waals surface area contributed by atoms with Crippen LogP contribution in [0.1, 0.15) is 43.4 Å². The minimum Gasteiger partial charge on any atom is -0.314 e. The molecule has 1 aromatic rings. The van der Waals surface area contributed by atoms with Crippen LogP contribution in [0.2, 0.25) is 0 Å². The third-order valence-electron chi connectivity index (χ3n) is 4.28. The zero-order chi connectivity index (χ0) is 15.2. The molecule has 3 nitrogen and oxygen atoms in total. The monoisotopic (exact) mass is 285 g/mol. The zero-order valence-electron chi connectivity index (χ0n) is 13.5. The van der Waals surface area contributed by atoms with E-state index in [1.54, 1.807) is 0 Å². The molecule has 1 heterocycles. The second kappa shape index (κ2) is 7.59. The van der Waals surface area contributed by atoms with E-state index in [9.17, 15) is 0 Å². The summed E-state index contributed by atoms with van der Waals surface area (Å²) in [4.78, 5) is 2.56. The van der Waals surface area contributed by atoms with Crippen molar-refractivity contribution in [1.82, 2.24) is 10.2 Å². The van der Waals surface area contributed by atoms with Gasteiger partial charge in [-0.3, -0.25) is 4.90 Å². The lowest BCUT2D eigenvalue weighted by atomic mass is 9.96. The maximum Gasteiger partial charge on any atom is 0.0991 e. The van der Waals surface area contributed by atoms with E-state index in [0.717, 1.165) is 24.6 Å². The molecular weight excluding hydrogens is 258 g/mol. The van der Waals surface area contributed by atoms with E-state index in [1.807, 2.05) is 12.1 Å². The molecule has 0 aromatic heterocycles. The van der Waals surface area contributed by atoms with Crippen LogP contribution in [-0.2, 0) is 6.54 Å². The van der Waals surface area contributed by atoms with Gasteiger partial charge in [0.1, 0.15) is 0 Å². The van der Waals surface area contributed by atoms with Crippen LogP contribution < -0.4 is 5.32 Å². The number of piperidine rings is 1. The van der Waals surface area contributed by atoms with Gasteiger partial charge in [-0.1, -0.05) is 19.9 Å². The largest absolute Gasteiger partial charge is 0.314 e. The summed E-state index contributed by atoms with van der Waals surface area (Å²) in [7, 11) is 0. The van der Waals surface area contributed by atoms with E-state index in [4.69, 9.17) is 5.26 Å². The summed E-state index contributed by atoms with van der Waals surface area (Å²) in [6.07, 6.45) is 2.63. The summed E-state index contributed by atoms with van der Waals surface area (Å²) >= 11 is 0. The Balaban J connectivity index is 1.92. The summed E-state index contributed by atoms with van der Waals surface area (Å²) in [5.41, 5.74) is 3.34. The van der Waals surface area contributed by atoms with Gasteiger partial charge in [-0.15, -0.1) is 0 Å². The Morgan fingerprint density at radius 1 is 1.43 bits per heavy atom. The van der Waals surface area contributed by atoms with Crippen molar-refractivity contribution in [3.05, 3.63) is 34.9 Å². The molecule has 1 saturated heterocycles. The number of hydrogen-bond acceptors (Lipinski definition) is 3. The molecule has 1 aliphatic heterocycles. The van der Waals surface area contributed by atoms with Crippen molar-refractivity contribution in [2.45, 2.75) is 46.2 Å². The van der Waals surface area contributed by atoms with Gasteiger partial charge in [-0.25, -0.2) is 0 Å². The van der Waals surface area contributed by atoms with E-state index in [0.29, 0.717) is 6.04 Å². The number of nitrogens with one attached hydrogen (secondary N) is 1. The van der Waals surface area contributed by atoms with Gasteiger partial charge >= 0.3 is 0 Å². The van der Waals surface area contributed by atoms with Crippen molar-refractivity contribution in [2.24, 2.45) is 5.92 Å². The molecule has 21 heavy (non-hydrogen) atoms. The van der Waals surface area contributed by atoms with Gasteiger partial charge in [0.15, 0.2) is 0 Å². The fraction of sp³-hybridized carbons (Fsp3) is 0.611. The van der Waals surface area contributed by atoms with Crippen LogP contribution in [0, 0.1) is 24.2 Å². The van der Waals surface area contributed by atoms with Gasteiger partial charge < -0.3 is 5.32 Å². The normalized spacial score (nSPS) is 19.7. The van der Waals surface area contributed by atoms with E-state index < -0.39 is 0 Å². The van der Waals surface area contributed by atoms with Crippen LogP contribution in [0.4, 0.5) is 0 Å². The summed E-state index contributed by atoms with van der Waals surface area (Å²) in [5.74, 6) is 0.764. The molecule has 3 heteroatoms. The summed E-state index contributed by atoms with van der Waals surface area (Å²) in [6.45, 7) is 11.0. The lowest BCUT2D eigenvalue weighted by molar-refractivity contribution is 0.163. The van der Waals surface area contributed by atoms with Crippen molar-refractivity contribution in [2.75, 3.05) is 19.6 Å². The molecule has 0 aliphatic carbocycles. The Morgan fingerprint density at radius 3 is 2.90 bits per heavy atom. The number of nitriles is 1. The van der Waals surface area contributed by atoms with Crippen LogP contribution in [0.15, 0.2) is 18.2 Å². The molecule has 0 radical (unpaired) electrons. The molecule has 1 atom stereocenters. The average Bonchev–Trinajstić information content (AvgIpc) is 2.47. The lowest BCUT2D eigenvalue weighted by Gasteiger charge is -2.33. The zero-order valence-corrected chi connectivity index (χ0v) is 13.5. The first-order chi connectivity index (χ1) is 10.1. The van der Waals surface area contributed by atoms with Crippen LogP contribution in [0.3, 0.4) is 0 Å². The Morgan fingerprint density at radius 2 is 2.24 bits per heavy atom. The first-order valence-corrected chi connectivity index (χ1v) is 8.04. The number of likely N-dealkylation sites (tertiary alicyclic amines) is 1. The van der Waals surface area contributed by atoms with E-state index in [-0.39, 0.29) is 0 Å². The molecular formula is C18H27N3. The Labute approximate surface area is 129 Å². The van der Waals surface area contributed by atoms with Crippen LogP contribution in [0.5, 0.6) is 0 Å². The van der Waals surface area contributed by atoms with Gasteiger partial charge in [0.25, 0.3) is 0 Å². The Kier molecular flexibility index (Phi) is 5.78. The number of nitrogens with zero attached hydrogens (tertiary/aromatic N) is 2. The maximum absolute atomic E-state index is 8.95. The van der Waals surface area contributed by atoms with E-state index in [2.05, 4.69) is 43.1 Å². The molecule has 0 bridgehead atoms. The number of hydrogen-bond donors (Lipinski definition) is 1. The van der Waals surface area contributed by atoms with Crippen molar-refractivity contribution in [1.29, 1.82) is 5.26 Å². The summed E-state index contributed by atoms with van der Waals surface area (Å²) < 4.78 is 0. The summed E-state index contributed by atoms with van der Waals surface area (Å²) in [6, 6.07) is 8.83. The van der Waals surface area contributed by atoms with Crippen LogP contribution >= 0.6 is 0 Å². The molecule has 2 rings (SSSR count). The van der Waals surface area contributed by atoms with Gasteiger partial charge in [-0.2, -0.15) is 5.26 Å². The quantitative estimate of drug-likeness (QED) is 0.903. The second-order valence-electron chi connectivity index (χ2n) is 6.56. The minimum absolute atomic E-state index is 0.571. The second-order valence-corrected chi connectivity index (χ2v) is 6.56. The predicted octanol–water partition coefficient (Wildman–Crippen LogP) is 3.08. The number of aryl methyl sites for hydroxylation is 1. The van der Waals surface area contributed by atoms with Crippen LogP contribution in [0.25, 0.3) is 0 Å². The molecule has 0 saturated carbocycles. The molecule has 1 aliphatic rings. The molecule has 1 fully saturated rings. The highest BCUT2D eigenvalue weighted by Gasteiger charge is 2.20. The molecule has 114 valence electrons. The highest BCUT2D eigenvalue weighted by atomic mass is 15.1. The number of rotatable bonds is 5. The van der Waals surface area contributed by atoms with Crippen molar-refractivity contribution < 1.29 is 0 Å². The maximum atomic E-state index is 8.95. The molecule has 1 unspecified atom stereocenters. The first kappa shape index (κ1) is 16.0. The topological polar surface area (TPSA) is 39.1 Å². The number of benzene rings is 1. The van der Waals surface area contributed by atoms with Gasteiger partial charge in [0.05, 0.1) is 11.6 Å². The van der Waals surface area contributed by atoms with Gasteiger partial charge in [0, 0.05) is 19.1 Å². The van der Waals surface area contributed by atoms with Gasteiger partial charge in [-0.05, 0) is 62.0 Å². The molecule has 1 aromatic carbocycles. The average molecular weight is 285 g/mol. The highest BCUT2D eigenvalue weighted by molar-refractivity contribution is 5.37. The van der Waals surface area contributed by atoms with E-state index in [1.165, 1.54) is 37.1 Å². The fourth-order valence-electron chi connectivity index (χ4n) is 3.05. The van der Waals surface area contributed by atoms with Crippen molar-refractivity contribution in [3.8, 4) is 6.07 Å². The van der Waals surface area contributed by atoms with Crippen molar-refractivity contribution in [3.63, 3.8) is 0 Å². The molecule has 1 N–H and O–H groups in total. The molecule has 0 spiro atoms. The lowest BCUT2D eigenvalue weighted by Crippen LogP contribution is -2.40. The third-order valence-corrected chi connectivity index (χ3v) is 4.28. The molecule has 0 amide bonds. The Hall–Kier alpha value is -1.37. The third kappa shape index (κ3) is 4.84. The SMILES string of the molecule is Cc1cc(C#N)ccc1CN1CCCC(CNC(C)C)C1. The fourth-order valence-corrected chi connectivity index (χ4v) is 3.05. The minimum atomic E-state index is 0.571. The van der Waals surface area contributed by atoms with Crippen LogP contribution in [-0.4, -0.2) is 30.6 Å². The highest BCUT2D eigenvalue weighted by Crippen LogP contribution is 2.20. The first-order valence-electron chi connectivity index (χ1n) is 8.04. The Bertz CT molecular complexity index is 502. The predicted molar refractivity (Wildman–Crippen MR) is 87.0 cm³/mol.